The number of phosphoric ester groups is 1. The summed E-state index contributed by atoms with van der Waals surface area (Å²) >= 11 is 0. The molecular formula is C56H102NO7P. The molecule has 0 aromatic carbocycles. The average Bonchev–Trinajstić information content (AvgIpc) is 3.27. The lowest BCUT2D eigenvalue weighted by Gasteiger charge is -2.28. The van der Waals surface area contributed by atoms with Gasteiger partial charge >= 0.3 is 5.97 Å². The van der Waals surface area contributed by atoms with Gasteiger partial charge in [-0.25, -0.2) is 0 Å². The van der Waals surface area contributed by atoms with Crippen LogP contribution in [0.4, 0.5) is 0 Å². The maximum Gasteiger partial charge on any atom is 0.306 e. The summed E-state index contributed by atoms with van der Waals surface area (Å²) in [6.07, 6.45) is 63.5. The SMILES string of the molecule is CC/C=C\C/C=C\C/C=C\C/C=C\CCCCCCCCCCC(=O)OC(COCCCCCCCCCCCC/C=C\C/C=C\CCCCCCC)COP(=O)([O-])OCC[N+](C)(C)C. The van der Waals surface area contributed by atoms with Crippen LogP contribution in [-0.2, 0) is 27.9 Å². The molecule has 378 valence electrons. The zero-order valence-corrected chi connectivity index (χ0v) is 43.8. The molecule has 0 saturated carbocycles. The highest BCUT2D eigenvalue weighted by molar-refractivity contribution is 7.45. The maximum absolute atomic E-state index is 12.8. The Kier molecular flexibility index (Phi) is 46.9. The summed E-state index contributed by atoms with van der Waals surface area (Å²) in [6, 6.07) is 0. The minimum absolute atomic E-state index is 0.0207. The van der Waals surface area contributed by atoms with Gasteiger partial charge in [0, 0.05) is 13.0 Å². The molecule has 0 rings (SSSR count). The number of quaternary nitrogens is 1. The number of hydrogen-bond acceptors (Lipinski definition) is 7. The second kappa shape index (κ2) is 48.4. The lowest BCUT2D eigenvalue weighted by atomic mass is 10.1. The molecule has 0 aliphatic rings. The highest BCUT2D eigenvalue weighted by Crippen LogP contribution is 2.38. The molecule has 2 atom stereocenters. The summed E-state index contributed by atoms with van der Waals surface area (Å²) in [5.41, 5.74) is 0. The quantitative estimate of drug-likeness (QED) is 0.0197. The van der Waals surface area contributed by atoms with Gasteiger partial charge in [0.05, 0.1) is 34.4 Å². The molecule has 0 bridgehead atoms. The Bertz CT molecular complexity index is 1270. The second-order valence-corrected chi connectivity index (χ2v) is 20.3. The van der Waals surface area contributed by atoms with E-state index in [2.05, 4.69) is 86.8 Å². The molecular weight excluding hydrogens is 830 g/mol. The fraction of sp³-hybridized carbons (Fsp3) is 0.768. The highest BCUT2D eigenvalue weighted by atomic mass is 31.2. The van der Waals surface area contributed by atoms with Gasteiger partial charge in [-0.2, -0.15) is 0 Å². The number of phosphoric acid groups is 1. The lowest BCUT2D eigenvalue weighted by Crippen LogP contribution is -2.37. The van der Waals surface area contributed by atoms with Crippen LogP contribution in [0.15, 0.2) is 72.9 Å². The number of carbonyl (C=O) groups is 1. The van der Waals surface area contributed by atoms with Crippen molar-refractivity contribution in [3.63, 3.8) is 0 Å². The van der Waals surface area contributed by atoms with Gasteiger partial charge in [-0.15, -0.1) is 0 Å². The number of rotatable bonds is 49. The molecule has 2 unspecified atom stereocenters. The van der Waals surface area contributed by atoms with Crippen molar-refractivity contribution in [2.75, 3.05) is 54.1 Å². The molecule has 9 heteroatoms. The molecule has 0 aromatic heterocycles. The van der Waals surface area contributed by atoms with Crippen LogP contribution < -0.4 is 4.89 Å². The zero-order chi connectivity index (χ0) is 47.6. The third-order valence-corrected chi connectivity index (χ3v) is 12.2. The van der Waals surface area contributed by atoms with Gasteiger partial charge in [0.2, 0.25) is 0 Å². The Balaban J connectivity index is 4.15. The first-order valence-electron chi connectivity index (χ1n) is 26.7. The van der Waals surface area contributed by atoms with Gasteiger partial charge in [0.25, 0.3) is 7.82 Å². The number of carbonyl (C=O) groups excluding carboxylic acids is 1. The van der Waals surface area contributed by atoms with Crippen molar-refractivity contribution in [3.8, 4) is 0 Å². The first-order chi connectivity index (χ1) is 31.6. The Morgan fingerprint density at radius 1 is 0.492 bits per heavy atom. The van der Waals surface area contributed by atoms with E-state index in [1.807, 2.05) is 21.1 Å². The van der Waals surface area contributed by atoms with E-state index in [1.54, 1.807) is 0 Å². The van der Waals surface area contributed by atoms with Gasteiger partial charge in [0.15, 0.2) is 0 Å². The summed E-state index contributed by atoms with van der Waals surface area (Å²) in [7, 11) is 1.34. The number of unbranched alkanes of at least 4 members (excludes halogenated alkanes) is 23. The first kappa shape index (κ1) is 62.9. The third kappa shape index (κ3) is 52.8. The third-order valence-electron chi connectivity index (χ3n) is 11.2. The standard InChI is InChI=1S/C56H102NO7P/c1-6-8-10-12-14-16-18-20-22-24-26-28-30-32-34-36-38-40-42-44-46-48-51-61-53-55(54-63-65(59,60)62-52-50-57(3,4)5)64-56(58)49-47-45-43-41-39-37-35-33-31-29-27-25-23-21-19-17-15-13-11-9-7-2/h9,11,15,17-18,20-21,23-24,26-27,29,55H,6-8,10,12-14,16,19,22,25,28,30-54H2,1-5H3/b11-9-,17-15-,20-18-,23-21-,26-24-,29-27-. The van der Waals surface area contributed by atoms with Gasteiger partial charge in [0.1, 0.15) is 19.3 Å². The molecule has 0 heterocycles. The van der Waals surface area contributed by atoms with E-state index in [-0.39, 0.29) is 25.8 Å². The van der Waals surface area contributed by atoms with Crippen molar-refractivity contribution in [3.05, 3.63) is 72.9 Å². The molecule has 0 aromatic rings. The molecule has 0 fully saturated rings. The van der Waals surface area contributed by atoms with E-state index in [0.29, 0.717) is 24.1 Å². The number of allylic oxidation sites excluding steroid dienone is 12. The molecule has 0 aliphatic heterocycles. The molecule has 0 aliphatic carbocycles. The van der Waals surface area contributed by atoms with Crippen molar-refractivity contribution >= 4 is 13.8 Å². The van der Waals surface area contributed by atoms with E-state index < -0.39 is 13.9 Å². The van der Waals surface area contributed by atoms with Gasteiger partial charge in [-0.1, -0.05) is 202 Å². The number of esters is 1. The molecule has 0 spiro atoms. The van der Waals surface area contributed by atoms with Crippen molar-refractivity contribution in [1.82, 2.24) is 0 Å². The van der Waals surface area contributed by atoms with Crippen LogP contribution in [0.5, 0.6) is 0 Å². The van der Waals surface area contributed by atoms with Crippen LogP contribution >= 0.6 is 7.82 Å². The fourth-order valence-electron chi connectivity index (χ4n) is 7.16. The first-order valence-corrected chi connectivity index (χ1v) is 28.1. The van der Waals surface area contributed by atoms with E-state index in [0.717, 1.165) is 70.6 Å². The smallest absolute Gasteiger partial charge is 0.306 e. The van der Waals surface area contributed by atoms with Gasteiger partial charge < -0.3 is 27.9 Å². The van der Waals surface area contributed by atoms with E-state index in [1.165, 1.54) is 128 Å². The summed E-state index contributed by atoms with van der Waals surface area (Å²) in [5, 5.41) is 0. The van der Waals surface area contributed by atoms with Crippen LogP contribution in [0.3, 0.4) is 0 Å². The molecule has 0 N–H and O–H groups in total. The van der Waals surface area contributed by atoms with Crippen molar-refractivity contribution in [1.29, 1.82) is 0 Å². The molecule has 8 nitrogen and oxygen atoms in total. The predicted molar refractivity (Wildman–Crippen MR) is 277 cm³/mol. The molecule has 0 amide bonds. The van der Waals surface area contributed by atoms with E-state index >= 15 is 0 Å². The van der Waals surface area contributed by atoms with Crippen molar-refractivity contribution < 1.29 is 37.3 Å². The number of ether oxygens (including phenoxy) is 2. The van der Waals surface area contributed by atoms with Crippen LogP contribution in [0, 0.1) is 0 Å². The van der Waals surface area contributed by atoms with Crippen LogP contribution in [0.25, 0.3) is 0 Å². The predicted octanol–water partition coefficient (Wildman–Crippen LogP) is 16.0. The Hall–Kier alpha value is -2.06. The summed E-state index contributed by atoms with van der Waals surface area (Å²) < 4.78 is 34.8. The number of nitrogens with zero attached hydrogens (tertiary/aromatic N) is 1. The minimum atomic E-state index is -4.54. The van der Waals surface area contributed by atoms with E-state index in [4.69, 9.17) is 18.5 Å². The molecule has 0 saturated heterocycles. The number of likely N-dealkylation sites (N-methyl/N-ethyl adjacent to an activating group) is 1. The topological polar surface area (TPSA) is 94.1 Å². The maximum atomic E-state index is 12.8. The normalized spacial score (nSPS) is 14.1. The summed E-state index contributed by atoms with van der Waals surface area (Å²) in [5.74, 6) is -0.344. The van der Waals surface area contributed by atoms with Crippen LogP contribution in [-0.4, -0.2) is 70.7 Å². The van der Waals surface area contributed by atoms with Crippen molar-refractivity contribution in [2.45, 2.75) is 225 Å². The fourth-order valence-corrected chi connectivity index (χ4v) is 7.89. The summed E-state index contributed by atoms with van der Waals surface area (Å²) in [4.78, 5) is 25.2. The number of hydrogen-bond donors (Lipinski definition) is 0. The second-order valence-electron chi connectivity index (χ2n) is 18.9. The molecule has 0 radical (unpaired) electrons. The Morgan fingerprint density at radius 3 is 1.34 bits per heavy atom. The largest absolute Gasteiger partial charge is 0.756 e. The average molecular weight is 932 g/mol. The Morgan fingerprint density at radius 2 is 0.892 bits per heavy atom. The lowest BCUT2D eigenvalue weighted by molar-refractivity contribution is -0.870. The summed E-state index contributed by atoms with van der Waals surface area (Å²) in [6.45, 7) is 5.28. The monoisotopic (exact) mass is 932 g/mol. The van der Waals surface area contributed by atoms with Crippen LogP contribution in [0.1, 0.15) is 219 Å². The molecule has 65 heavy (non-hydrogen) atoms. The van der Waals surface area contributed by atoms with Gasteiger partial charge in [-0.3, -0.25) is 9.36 Å². The van der Waals surface area contributed by atoms with E-state index in [9.17, 15) is 14.3 Å². The van der Waals surface area contributed by atoms with Crippen LogP contribution in [0.2, 0.25) is 0 Å². The minimum Gasteiger partial charge on any atom is -0.756 e. The Labute approximate surface area is 402 Å². The van der Waals surface area contributed by atoms with Gasteiger partial charge in [-0.05, 0) is 83.5 Å². The van der Waals surface area contributed by atoms with Crippen molar-refractivity contribution in [2.24, 2.45) is 0 Å². The zero-order valence-electron chi connectivity index (χ0n) is 42.9. The highest BCUT2D eigenvalue weighted by Gasteiger charge is 2.20.